The van der Waals surface area contributed by atoms with Gasteiger partial charge >= 0.3 is 0 Å². The summed E-state index contributed by atoms with van der Waals surface area (Å²) in [7, 11) is 0. The fourth-order valence-corrected chi connectivity index (χ4v) is 2.19. The summed E-state index contributed by atoms with van der Waals surface area (Å²) < 4.78 is 5.32. The Kier molecular flexibility index (Phi) is 4.87. The molecule has 110 valence electrons. The third-order valence-electron chi connectivity index (χ3n) is 2.53. The smallest absolute Gasteiger partial charge is 0.291 e. The zero-order valence-electron chi connectivity index (χ0n) is 11.6. The van der Waals surface area contributed by atoms with Crippen LogP contribution in [0.25, 0.3) is 0 Å². The number of rotatable bonds is 5. The van der Waals surface area contributed by atoms with Gasteiger partial charge in [-0.25, -0.2) is 0 Å². The molecule has 2 rings (SSSR count). The summed E-state index contributed by atoms with van der Waals surface area (Å²) in [5, 5.41) is 11.6. The largest absolute Gasteiger partial charge is 0.459 e. The average Bonchev–Trinajstić information content (AvgIpc) is 2.79. The second-order valence-electron chi connectivity index (χ2n) is 4.55. The number of amidine groups is 1. The van der Waals surface area contributed by atoms with Crippen molar-refractivity contribution < 1.29 is 4.74 Å². The van der Waals surface area contributed by atoms with Gasteiger partial charge in [0.25, 0.3) is 6.02 Å². The van der Waals surface area contributed by atoms with Crippen molar-refractivity contribution in [1.29, 1.82) is 5.41 Å². The first kappa shape index (κ1) is 15.1. The average molecular weight is 317 g/mol. The minimum absolute atomic E-state index is 0.0180. The summed E-state index contributed by atoms with van der Waals surface area (Å²) >= 11 is 7.19. The van der Waals surface area contributed by atoms with E-state index in [1.54, 1.807) is 4.90 Å². The predicted octanol–water partition coefficient (Wildman–Crippen LogP) is 1.79. The van der Waals surface area contributed by atoms with Gasteiger partial charge < -0.3 is 10.1 Å². The van der Waals surface area contributed by atoms with Crippen molar-refractivity contribution in [3.05, 3.63) is 0 Å². The maximum absolute atomic E-state index is 7.83. The Balaban J connectivity index is 2.28. The van der Waals surface area contributed by atoms with Crippen LogP contribution in [-0.2, 0) is 4.74 Å². The molecule has 20 heavy (non-hydrogen) atoms. The second kappa shape index (κ2) is 6.45. The lowest BCUT2D eigenvalue weighted by Gasteiger charge is -2.15. The van der Waals surface area contributed by atoms with Crippen LogP contribution < -0.4 is 10.2 Å². The Labute approximate surface area is 127 Å². The molecule has 0 spiro atoms. The summed E-state index contributed by atoms with van der Waals surface area (Å²) in [4.78, 5) is 14.6. The van der Waals surface area contributed by atoms with Gasteiger partial charge in [0.2, 0.25) is 11.9 Å². The van der Waals surface area contributed by atoms with Crippen molar-refractivity contribution in [3.63, 3.8) is 0 Å². The molecule has 0 aromatic carbocycles. The minimum atomic E-state index is -0.208. The lowest BCUT2D eigenvalue weighted by Crippen LogP contribution is -2.28. The van der Waals surface area contributed by atoms with Gasteiger partial charge in [-0.3, -0.25) is 10.3 Å². The monoisotopic (exact) mass is 316 g/mol. The van der Waals surface area contributed by atoms with Gasteiger partial charge in [-0.1, -0.05) is 11.8 Å². The quantitative estimate of drug-likeness (QED) is 0.632. The summed E-state index contributed by atoms with van der Waals surface area (Å²) in [6.07, 6.45) is 1.69. The molecule has 1 aliphatic heterocycles. The number of aromatic nitrogens is 3. The highest BCUT2D eigenvalue weighted by molar-refractivity contribution is 7.98. The number of nitrogens with one attached hydrogen (secondary N) is 2. The number of hydrogen-bond acceptors (Lipinski definition) is 7. The van der Waals surface area contributed by atoms with Gasteiger partial charge in [0.1, 0.15) is 6.10 Å². The van der Waals surface area contributed by atoms with E-state index in [1.165, 1.54) is 11.8 Å². The third kappa shape index (κ3) is 3.43. The Hall–Kier alpha value is -1.28. The molecule has 7 nitrogen and oxygen atoms in total. The predicted molar refractivity (Wildman–Crippen MR) is 81.0 cm³/mol. The highest BCUT2D eigenvalue weighted by Crippen LogP contribution is 2.21. The molecule has 0 aliphatic carbocycles. The SMILES string of the molecule is CSc1nc(NC(C)C)nc(N2CC(CCl)OC2=N)n1. The van der Waals surface area contributed by atoms with Crippen molar-refractivity contribution in [1.82, 2.24) is 15.0 Å². The van der Waals surface area contributed by atoms with Crippen LogP contribution in [-0.4, -0.2) is 51.8 Å². The molecule has 1 aromatic heterocycles. The first-order chi connectivity index (χ1) is 9.53. The van der Waals surface area contributed by atoms with Crippen LogP contribution in [0.1, 0.15) is 13.8 Å². The van der Waals surface area contributed by atoms with E-state index in [1.807, 2.05) is 20.1 Å². The molecule has 1 aromatic rings. The second-order valence-corrected chi connectivity index (χ2v) is 5.64. The van der Waals surface area contributed by atoms with Crippen LogP contribution in [0.4, 0.5) is 11.9 Å². The van der Waals surface area contributed by atoms with Gasteiger partial charge in [-0.15, -0.1) is 11.6 Å². The Morgan fingerprint density at radius 1 is 1.50 bits per heavy atom. The van der Waals surface area contributed by atoms with Crippen molar-refractivity contribution in [2.75, 3.05) is 28.9 Å². The topological polar surface area (TPSA) is 87.0 Å². The van der Waals surface area contributed by atoms with Crippen molar-refractivity contribution in [2.24, 2.45) is 0 Å². The molecule has 0 bridgehead atoms. The Bertz CT molecular complexity index is 500. The van der Waals surface area contributed by atoms with E-state index in [0.717, 1.165) is 0 Å². The first-order valence-electron chi connectivity index (χ1n) is 6.18. The van der Waals surface area contributed by atoms with Crippen LogP contribution in [0.5, 0.6) is 0 Å². The fraction of sp³-hybridized carbons (Fsp3) is 0.636. The normalized spacial score (nSPS) is 18.6. The van der Waals surface area contributed by atoms with E-state index in [2.05, 4.69) is 20.3 Å². The number of nitrogens with zero attached hydrogens (tertiary/aromatic N) is 4. The summed E-state index contributed by atoms with van der Waals surface area (Å²) in [5.41, 5.74) is 0. The van der Waals surface area contributed by atoms with Crippen LogP contribution in [0.2, 0.25) is 0 Å². The molecule has 2 N–H and O–H groups in total. The number of thioether (sulfide) groups is 1. The molecule has 1 atom stereocenters. The maximum atomic E-state index is 7.83. The zero-order valence-corrected chi connectivity index (χ0v) is 13.1. The molecule has 0 saturated carbocycles. The van der Waals surface area contributed by atoms with Crippen LogP contribution in [0, 0.1) is 5.41 Å². The Morgan fingerprint density at radius 2 is 2.25 bits per heavy atom. The Morgan fingerprint density at radius 3 is 2.80 bits per heavy atom. The molecule has 2 heterocycles. The zero-order chi connectivity index (χ0) is 14.7. The van der Waals surface area contributed by atoms with Gasteiger partial charge in [0, 0.05) is 6.04 Å². The number of halogens is 1. The number of ether oxygens (including phenoxy) is 1. The lowest BCUT2D eigenvalue weighted by molar-refractivity contribution is 0.253. The van der Waals surface area contributed by atoms with E-state index in [-0.39, 0.29) is 18.2 Å². The van der Waals surface area contributed by atoms with E-state index < -0.39 is 0 Å². The van der Waals surface area contributed by atoms with Gasteiger partial charge in [-0.05, 0) is 20.1 Å². The van der Waals surface area contributed by atoms with E-state index in [0.29, 0.717) is 29.5 Å². The molecule has 1 unspecified atom stereocenters. The van der Waals surface area contributed by atoms with Crippen LogP contribution in [0.15, 0.2) is 5.16 Å². The van der Waals surface area contributed by atoms with Crippen molar-refractivity contribution in [2.45, 2.75) is 31.1 Å². The lowest BCUT2D eigenvalue weighted by atomic mass is 10.4. The molecular weight excluding hydrogens is 300 g/mol. The molecular formula is C11H17ClN6OS. The van der Waals surface area contributed by atoms with Gasteiger partial charge in [0.15, 0.2) is 5.16 Å². The van der Waals surface area contributed by atoms with Crippen molar-refractivity contribution in [3.8, 4) is 0 Å². The van der Waals surface area contributed by atoms with E-state index in [9.17, 15) is 0 Å². The number of anilines is 2. The first-order valence-corrected chi connectivity index (χ1v) is 7.94. The van der Waals surface area contributed by atoms with Gasteiger partial charge in [0.05, 0.1) is 12.4 Å². The third-order valence-corrected chi connectivity index (χ3v) is 3.42. The summed E-state index contributed by atoms with van der Waals surface area (Å²) in [5.74, 6) is 1.23. The summed E-state index contributed by atoms with van der Waals surface area (Å²) in [6.45, 7) is 4.49. The number of hydrogen-bond donors (Lipinski definition) is 2. The standard InChI is InChI=1S/C11H17ClN6OS/c1-6(2)14-9-15-10(17-11(16-9)20-3)18-5-7(4-12)19-8(18)13/h6-7,13H,4-5H2,1-3H3,(H,14,15,16,17). The molecule has 1 saturated heterocycles. The summed E-state index contributed by atoms with van der Waals surface area (Å²) in [6, 6.07) is 0.231. The maximum Gasteiger partial charge on any atom is 0.291 e. The van der Waals surface area contributed by atoms with E-state index >= 15 is 0 Å². The van der Waals surface area contributed by atoms with Crippen LogP contribution >= 0.6 is 23.4 Å². The van der Waals surface area contributed by atoms with Crippen molar-refractivity contribution >= 4 is 41.3 Å². The molecule has 0 radical (unpaired) electrons. The molecule has 1 aliphatic rings. The fourth-order valence-electron chi connectivity index (χ4n) is 1.68. The van der Waals surface area contributed by atoms with E-state index in [4.69, 9.17) is 21.7 Å². The molecule has 0 amide bonds. The number of alkyl halides is 1. The highest BCUT2D eigenvalue weighted by Gasteiger charge is 2.31. The minimum Gasteiger partial charge on any atom is -0.459 e. The molecule has 1 fully saturated rings. The molecule has 9 heteroatoms. The van der Waals surface area contributed by atoms with Gasteiger partial charge in [-0.2, -0.15) is 15.0 Å². The highest BCUT2D eigenvalue weighted by atomic mass is 35.5. The van der Waals surface area contributed by atoms with Crippen LogP contribution in [0.3, 0.4) is 0 Å².